The van der Waals surface area contributed by atoms with Crippen LogP contribution in [-0.2, 0) is 16.6 Å². The molecule has 1 saturated carbocycles. The third kappa shape index (κ3) is 2.17. The van der Waals surface area contributed by atoms with Crippen LogP contribution in [-0.4, -0.2) is 24.2 Å². The zero-order valence-electron chi connectivity index (χ0n) is 10.8. The van der Waals surface area contributed by atoms with Crippen LogP contribution in [0.2, 0.25) is 0 Å². The van der Waals surface area contributed by atoms with E-state index in [1.807, 2.05) is 6.92 Å². The molecule has 0 amide bonds. The summed E-state index contributed by atoms with van der Waals surface area (Å²) >= 11 is 0. The first-order chi connectivity index (χ1) is 8.44. The Labute approximate surface area is 107 Å². The Balaban J connectivity index is 2.31. The van der Waals surface area contributed by atoms with Gasteiger partial charge in [-0.15, -0.1) is 0 Å². The van der Waals surface area contributed by atoms with E-state index in [0.29, 0.717) is 11.3 Å². The van der Waals surface area contributed by atoms with Crippen molar-refractivity contribution in [3.8, 4) is 0 Å². The molecule has 1 aromatic heterocycles. The SMILES string of the molecule is CCC1(NS(=O)(=O)c2n[nH]c(C)c2CN)CCC1. The van der Waals surface area contributed by atoms with Gasteiger partial charge in [0.15, 0.2) is 5.03 Å². The average Bonchev–Trinajstić information content (AvgIpc) is 2.65. The van der Waals surface area contributed by atoms with E-state index in [4.69, 9.17) is 5.73 Å². The minimum Gasteiger partial charge on any atom is -0.326 e. The lowest BCUT2D eigenvalue weighted by atomic mass is 9.76. The predicted molar refractivity (Wildman–Crippen MR) is 68.4 cm³/mol. The number of nitrogens with one attached hydrogen (secondary N) is 2. The summed E-state index contributed by atoms with van der Waals surface area (Å²) in [6.45, 7) is 3.94. The highest BCUT2D eigenvalue weighted by Crippen LogP contribution is 2.36. The third-order valence-electron chi connectivity index (χ3n) is 3.83. The largest absolute Gasteiger partial charge is 0.326 e. The van der Waals surface area contributed by atoms with E-state index in [1.165, 1.54) is 0 Å². The van der Waals surface area contributed by atoms with Gasteiger partial charge in [-0.25, -0.2) is 13.1 Å². The Morgan fingerprint density at radius 1 is 1.50 bits per heavy atom. The van der Waals surface area contributed by atoms with Crippen molar-refractivity contribution >= 4 is 10.0 Å². The highest BCUT2D eigenvalue weighted by molar-refractivity contribution is 7.89. The summed E-state index contributed by atoms with van der Waals surface area (Å²) in [7, 11) is -3.59. The van der Waals surface area contributed by atoms with Crippen LogP contribution in [0.1, 0.15) is 43.9 Å². The summed E-state index contributed by atoms with van der Waals surface area (Å²) in [5.41, 5.74) is 6.57. The second kappa shape index (κ2) is 4.64. The molecule has 1 aromatic rings. The number of hydrogen-bond donors (Lipinski definition) is 3. The van der Waals surface area contributed by atoms with Crippen molar-refractivity contribution in [2.24, 2.45) is 5.73 Å². The van der Waals surface area contributed by atoms with Gasteiger partial charge >= 0.3 is 0 Å². The van der Waals surface area contributed by atoms with Gasteiger partial charge in [0.1, 0.15) is 0 Å². The number of hydrogen-bond acceptors (Lipinski definition) is 4. The van der Waals surface area contributed by atoms with Gasteiger partial charge in [-0.1, -0.05) is 6.92 Å². The first kappa shape index (κ1) is 13.5. The Morgan fingerprint density at radius 2 is 2.17 bits per heavy atom. The van der Waals surface area contributed by atoms with E-state index in [0.717, 1.165) is 25.7 Å². The zero-order valence-corrected chi connectivity index (χ0v) is 11.6. The Bertz CT molecular complexity index is 526. The van der Waals surface area contributed by atoms with Crippen LogP contribution in [0.15, 0.2) is 5.03 Å². The van der Waals surface area contributed by atoms with Gasteiger partial charge in [0.05, 0.1) is 0 Å². The molecule has 0 aliphatic heterocycles. The number of nitrogens with two attached hydrogens (primary N) is 1. The molecule has 2 rings (SSSR count). The Morgan fingerprint density at radius 3 is 2.61 bits per heavy atom. The van der Waals surface area contributed by atoms with Gasteiger partial charge < -0.3 is 5.73 Å². The summed E-state index contributed by atoms with van der Waals surface area (Å²) in [5.74, 6) is 0. The van der Waals surface area contributed by atoms with Gasteiger partial charge in [0, 0.05) is 23.3 Å². The average molecular weight is 272 g/mol. The molecule has 0 bridgehead atoms. The maximum atomic E-state index is 12.3. The summed E-state index contributed by atoms with van der Waals surface area (Å²) in [5, 5.41) is 6.61. The molecule has 1 aliphatic rings. The number of sulfonamides is 1. The highest BCUT2D eigenvalue weighted by Gasteiger charge is 2.40. The second-order valence-corrected chi connectivity index (χ2v) is 6.53. The van der Waals surface area contributed by atoms with Crippen molar-refractivity contribution in [2.75, 3.05) is 0 Å². The lowest BCUT2D eigenvalue weighted by molar-refractivity contribution is 0.213. The van der Waals surface area contributed by atoms with E-state index in [-0.39, 0.29) is 17.1 Å². The monoisotopic (exact) mass is 272 g/mol. The molecule has 0 saturated heterocycles. The van der Waals surface area contributed by atoms with E-state index in [9.17, 15) is 8.42 Å². The van der Waals surface area contributed by atoms with Crippen molar-refractivity contribution < 1.29 is 8.42 Å². The maximum Gasteiger partial charge on any atom is 0.260 e. The molecule has 0 radical (unpaired) electrons. The van der Waals surface area contributed by atoms with Gasteiger partial charge in [0.2, 0.25) is 0 Å². The Kier molecular flexibility index (Phi) is 3.48. The van der Waals surface area contributed by atoms with Gasteiger partial charge in [-0.05, 0) is 32.6 Å². The summed E-state index contributed by atoms with van der Waals surface area (Å²) in [6.07, 6.45) is 3.65. The number of aryl methyl sites for hydroxylation is 1. The molecule has 0 atom stereocenters. The maximum absolute atomic E-state index is 12.3. The third-order valence-corrected chi connectivity index (χ3v) is 5.38. The van der Waals surface area contributed by atoms with Crippen LogP contribution in [0.4, 0.5) is 0 Å². The van der Waals surface area contributed by atoms with Crippen LogP contribution in [0.25, 0.3) is 0 Å². The molecule has 1 aliphatic carbocycles. The van der Waals surface area contributed by atoms with Crippen molar-refractivity contribution in [2.45, 2.75) is 56.6 Å². The molecule has 1 heterocycles. The molecule has 102 valence electrons. The number of rotatable bonds is 5. The smallest absolute Gasteiger partial charge is 0.260 e. The molecule has 7 heteroatoms. The summed E-state index contributed by atoms with van der Waals surface area (Å²) in [4.78, 5) is 0. The van der Waals surface area contributed by atoms with Gasteiger partial charge in [-0.3, -0.25) is 5.10 Å². The fraction of sp³-hybridized carbons (Fsp3) is 0.727. The normalized spacial score (nSPS) is 18.6. The summed E-state index contributed by atoms with van der Waals surface area (Å²) < 4.78 is 27.5. The molecule has 0 aromatic carbocycles. The lowest BCUT2D eigenvalue weighted by Gasteiger charge is -2.41. The quantitative estimate of drug-likeness (QED) is 0.737. The first-order valence-corrected chi connectivity index (χ1v) is 7.70. The van der Waals surface area contributed by atoms with Crippen molar-refractivity contribution in [1.29, 1.82) is 0 Å². The molecule has 0 unspecified atom stereocenters. The fourth-order valence-electron chi connectivity index (χ4n) is 2.36. The van der Waals surface area contributed by atoms with Gasteiger partial charge in [-0.2, -0.15) is 5.10 Å². The molecule has 4 N–H and O–H groups in total. The van der Waals surface area contributed by atoms with Crippen molar-refractivity contribution in [3.63, 3.8) is 0 Å². The molecule has 0 spiro atoms. The van der Waals surface area contributed by atoms with Crippen molar-refractivity contribution in [3.05, 3.63) is 11.3 Å². The molecule has 6 nitrogen and oxygen atoms in total. The Hall–Kier alpha value is -0.920. The van der Waals surface area contributed by atoms with Crippen molar-refractivity contribution in [1.82, 2.24) is 14.9 Å². The predicted octanol–water partition coefficient (Wildman–Crippen LogP) is 0.788. The van der Waals surface area contributed by atoms with Gasteiger partial charge in [0.25, 0.3) is 10.0 Å². The van der Waals surface area contributed by atoms with E-state index in [2.05, 4.69) is 14.9 Å². The standard InChI is InChI=1S/C11H20N4O2S/c1-3-11(5-4-6-11)15-18(16,17)10-9(7-12)8(2)13-14-10/h15H,3-7,12H2,1-2H3,(H,13,14). The van der Waals surface area contributed by atoms with E-state index >= 15 is 0 Å². The van der Waals surface area contributed by atoms with E-state index < -0.39 is 10.0 Å². The molecular formula is C11H20N4O2S. The zero-order chi connectivity index (χ0) is 13.4. The lowest BCUT2D eigenvalue weighted by Crippen LogP contribution is -2.53. The molecular weight excluding hydrogens is 252 g/mol. The van der Waals surface area contributed by atoms with Crippen LogP contribution < -0.4 is 10.5 Å². The van der Waals surface area contributed by atoms with E-state index in [1.54, 1.807) is 6.92 Å². The second-order valence-electron chi connectivity index (χ2n) is 4.93. The van der Waals surface area contributed by atoms with Crippen LogP contribution >= 0.6 is 0 Å². The minimum absolute atomic E-state index is 0.0437. The minimum atomic E-state index is -3.59. The van der Waals surface area contributed by atoms with Crippen LogP contribution in [0.5, 0.6) is 0 Å². The first-order valence-electron chi connectivity index (χ1n) is 6.22. The highest BCUT2D eigenvalue weighted by atomic mass is 32.2. The van der Waals surface area contributed by atoms with Crippen LogP contribution in [0.3, 0.4) is 0 Å². The number of H-pyrrole nitrogens is 1. The topological polar surface area (TPSA) is 101 Å². The van der Waals surface area contributed by atoms with Crippen LogP contribution in [0, 0.1) is 6.92 Å². The fourth-order valence-corrected chi connectivity index (χ4v) is 4.10. The summed E-state index contributed by atoms with van der Waals surface area (Å²) in [6, 6.07) is 0. The molecule has 1 fully saturated rings. The number of nitrogens with zero attached hydrogens (tertiary/aromatic N) is 1. The number of aromatic nitrogens is 2. The molecule has 18 heavy (non-hydrogen) atoms. The number of aromatic amines is 1.